The van der Waals surface area contributed by atoms with Crippen molar-refractivity contribution in [3.63, 3.8) is 0 Å². The van der Waals surface area contributed by atoms with Gasteiger partial charge in [-0.15, -0.1) is 0 Å². The normalized spacial score (nSPS) is 28.8. The average Bonchev–Trinajstić information content (AvgIpc) is 2.38. The Kier molecular flexibility index (Phi) is 3.09. The molecule has 0 spiro atoms. The van der Waals surface area contributed by atoms with Crippen molar-refractivity contribution in [1.29, 1.82) is 0 Å². The van der Waals surface area contributed by atoms with Gasteiger partial charge in [-0.05, 0) is 13.5 Å². The first-order valence-electron chi connectivity index (χ1n) is 3.71. The van der Waals surface area contributed by atoms with Crippen LogP contribution in [0.15, 0.2) is 0 Å². The molecule has 3 heteroatoms. The summed E-state index contributed by atoms with van der Waals surface area (Å²) in [6.45, 7) is 1.78. The molecule has 1 aliphatic rings. The van der Waals surface area contributed by atoms with Gasteiger partial charge in [0, 0.05) is 19.1 Å². The summed E-state index contributed by atoms with van der Waals surface area (Å²) in [5.74, 6) is 0.132. The summed E-state index contributed by atoms with van der Waals surface area (Å²) in [5, 5.41) is 2.81. The molecule has 0 aromatic carbocycles. The van der Waals surface area contributed by atoms with Gasteiger partial charge >= 0.3 is 0 Å². The van der Waals surface area contributed by atoms with Crippen molar-refractivity contribution in [2.75, 3.05) is 26.8 Å². The molecule has 1 fully saturated rings. The maximum atomic E-state index is 13.0. The van der Waals surface area contributed by atoms with E-state index in [9.17, 15) is 4.39 Å². The van der Waals surface area contributed by atoms with Crippen molar-refractivity contribution in [1.82, 2.24) is 5.32 Å². The van der Waals surface area contributed by atoms with E-state index in [4.69, 9.17) is 4.74 Å². The molecule has 0 saturated carbocycles. The van der Waals surface area contributed by atoms with E-state index in [0.717, 1.165) is 13.0 Å². The molecule has 2 nitrogen and oxygen atoms in total. The van der Waals surface area contributed by atoms with Gasteiger partial charge in [-0.3, -0.25) is 0 Å². The van der Waals surface area contributed by atoms with Gasteiger partial charge in [-0.25, -0.2) is 4.39 Å². The molecule has 0 aliphatic carbocycles. The van der Waals surface area contributed by atoms with Gasteiger partial charge in [0.25, 0.3) is 0 Å². The van der Waals surface area contributed by atoms with E-state index >= 15 is 0 Å². The van der Waals surface area contributed by atoms with Crippen molar-refractivity contribution in [3.05, 3.63) is 0 Å². The Hall–Kier alpha value is -0.150. The number of nitrogens with one attached hydrogen (secondary N) is 1. The smallest absolute Gasteiger partial charge is 0.118 e. The maximum absolute atomic E-state index is 13.0. The monoisotopic (exact) mass is 147 g/mol. The Balaban J connectivity index is 2.18. The SMILES string of the molecule is CNC[C@@H](F)[C@H]1CCOC1. The molecule has 60 valence electrons. The third kappa shape index (κ3) is 1.92. The first-order chi connectivity index (χ1) is 4.84. The van der Waals surface area contributed by atoms with Crippen molar-refractivity contribution in [2.45, 2.75) is 12.6 Å². The second-order valence-corrected chi connectivity index (χ2v) is 2.70. The van der Waals surface area contributed by atoms with Crippen LogP contribution >= 0.6 is 0 Å². The van der Waals surface area contributed by atoms with Crippen LogP contribution in [0.1, 0.15) is 6.42 Å². The molecule has 0 bridgehead atoms. The van der Waals surface area contributed by atoms with Gasteiger partial charge in [0.15, 0.2) is 0 Å². The molecule has 0 aromatic heterocycles. The van der Waals surface area contributed by atoms with Crippen molar-refractivity contribution >= 4 is 0 Å². The van der Waals surface area contributed by atoms with Crippen LogP contribution in [0.2, 0.25) is 0 Å². The highest BCUT2D eigenvalue weighted by atomic mass is 19.1. The van der Waals surface area contributed by atoms with E-state index in [-0.39, 0.29) is 5.92 Å². The summed E-state index contributed by atoms with van der Waals surface area (Å²) in [5.41, 5.74) is 0. The molecule has 2 atom stereocenters. The minimum absolute atomic E-state index is 0.132. The standard InChI is InChI=1S/C7H14FNO/c1-9-4-7(8)6-2-3-10-5-6/h6-7,9H,2-5H2,1H3/t6-,7+/m0/s1. The van der Waals surface area contributed by atoms with Gasteiger partial charge in [0.05, 0.1) is 6.61 Å². The molecule has 1 heterocycles. The van der Waals surface area contributed by atoms with Crippen LogP contribution in [-0.2, 0) is 4.74 Å². The fourth-order valence-electron chi connectivity index (χ4n) is 1.20. The molecule has 1 rings (SSSR count). The van der Waals surface area contributed by atoms with Gasteiger partial charge < -0.3 is 10.1 Å². The van der Waals surface area contributed by atoms with Crippen LogP contribution in [-0.4, -0.2) is 33.0 Å². The Bertz CT molecular complexity index is 93.6. The minimum atomic E-state index is -0.729. The van der Waals surface area contributed by atoms with Crippen LogP contribution in [0.3, 0.4) is 0 Å². The van der Waals surface area contributed by atoms with Gasteiger partial charge in [-0.2, -0.15) is 0 Å². The highest BCUT2D eigenvalue weighted by Gasteiger charge is 2.24. The van der Waals surface area contributed by atoms with E-state index in [1.54, 1.807) is 7.05 Å². The quantitative estimate of drug-likeness (QED) is 0.630. The molecular formula is C7H14FNO. The van der Waals surface area contributed by atoms with Crippen molar-refractivity contribution in [2.24, 2.45) is 5.92 Å². The van der Waals surface area contributed by atoms with Crippen molar-refractivity contribution < 1.29 is 9.13 Å². The molecule has 0 amide bonds. The number of hydrogen-bond donors (Lipinski definition) is 1. The summed E-state index contributed by atoms with van der Waals surface area (Å²) < 4.78 is 18.0. The van der Waals surface area contributed by atoms with E-state index in [0.29, 0.717) is 13.2 Å². The molecule has 0 unspecified atom stereocenters. The summed E-state index contributed by atoms with van der Waals surface area (Å²) in [4.78, 5) is 0. The summed E-state index contributed by atoms with van der Waals surface area (Å²) >= 11 is 0. The van der Waals surface area contributed by atoms with E-state index in [2.05, 4.69) is 5.32 Å². The van der Waals surface area contributed by atoms with Crippen LogP contribution in [0, 0.1) is 5.92 Å². The van der Waals surface area contributed by atoms with Gasteiger partial charge in [0.1, 0.15) is 6.17 Å². The van der Waals surface area contributed by atoms with Gasteiger partial charge in [0.2, 0.25) is 0 Å². The van der Waals surface area contributed by atoms with E-state index in [1.807, 2.05) is 0 Å². The molecular weight excluding hydrogens is 133 g/mol. The Morgan fingerprint density at radius 1 is 1.80 bits per heavy atom. The molecule has 1 saturated heterocycles. The number of ether oxygens (including phenoxy) is 1. The molecule has 1 aliphatic heterocycles. The number of rotatable bonds is 3. The lowest BCUT2D eigenvalue weighted by Crippen LogP contribution is -2.27. The van der Waals surface area contributed by atoms with Crippen molar-refractivity contribution in [3.8, 4) is 0 Å². The highest BCUT2D eigenvalue weighted by Crippen LogP contribution is 2.18. The number of halogens is 1. The first-order valence-corrected chi connectivity index (χ1v) is 3.71. The zero-order chi connectivity index (χ0) is 7.40. The summed E-state index contributed by atoms with van der Waals surface area (Å²) in [6.07, 6.45) is 0.149. The zero-order valence-corrected chi connectivity index (χ0v) is 6.27. The number of alkyl halides is 1. The van der Waals surface area contributed by atoms with E-state index in [1.165, 1.54) is 0 Å². The Labute approximate surface area is 60.8 Å². The first kappa shape index (κ1) is 7.95. The van der Waals surface area contributed by atoms with Crippen LogP contribution in [0.25, 0.3) is 0 Å². The largest absolute Gasteiger partial charge is 0.381 e. The predicted octanol–water partition coefficient (Wildman–Crippen LogP) is 0.580. The minimum Gasteiger partial charge on any atom is -0.381 e. The fourth-order valence-corrected chi connectivity index (χ4v) is 1.20. The maximum Gasteiger partial charge on any atom is 0.118 e. The van der Waals surface area contributed by atoms with Crippen LogP contribution < -0.4 is 5.32 Å². The third-order valence-electron chi connectivity index (χ3n) is 1.88. The summed E-state index contributed by atoms with van der Waals surface area (Å²) in [7, 11) is 1.77. The molecule has 10 heavy (non-hydrogen) atoms. The second kappa shape index (κ2) is 3.88. The lowest BCUT2D eigenvalue weighted by atomic mass is 10.0. The number of hydrogen-bond acceptors (Lipinski definition) is 2. The molecule has 1 N–H and O–H groups in total. The zero-order valence-electron chi connectivity index (χ0n) is 6.27. The fraction of sp³-hybridized carbons (Fsp3) is 1.00. The molecule has 0 radical (unpaired) electrons. The van der Waals surface area contributed by atoms with Crippen LogP contribution in [0.5, 0.6) is 0 Å². The highest BCUT2D eigenvalue weighted by molar-refractivity contribution is 4.73. The second-order valence-electron chi connectivity index (χ2n) is 2.70. The van der Waals surface area contributed by atoms with Gasteiger partial charge in [-0.1, -0.05) is 0 Å². The topological polar surface area (TPSA) is 21.3 Å². The van der Waals surface area contributed by atoms with Crippen LogP contribution in [0.4, 0.5) is 4.39 Å². The summed E-state index contributed by atoms with van der Waals surface area (Å²) in [6, 6.07) is 0. The lowest BCUT2D eigenvalue weighted by molar-refractivity contribution is 0.154. The lowest BCUT2D eigenvalue weighted by Gasteiger charge is -2.12. The third-order valence-corrected chi connectivity index (χ3v) is 1.88. The Morgan fingerprint density at radius 2 is 2.60 bits per heavy atom. The predicted molar refractivity (Wildman–Crippen MR) is 37.7 cm³/mol. The Morgan fingerprint density at radius 3 is 3.10 bits per heavy atom. The molecule has 0 aromatic rings. The average molecular weight is 147 g/mol. The van der Waals surface area contributed by atoms with E-state index < -0.39 is 6.17 Å².